The lowest BCUT2D eigenvalue weighted by atomic mass is 10.2. The first-order chi connectivity index (χ1) is 8.21. The highest BCUT2D eigenvalue weighted by Crippen LogP contribution is 2.21. The molecule has 0 heterocycles. The van der Waals surface area contributed by atoms with Gasteiger partial charge in [0.15, 0.2) is 0 Å². The molecular formula is C12H15BrN2O2. The second-order valence-corrected chi connectivity index (χ2v) is 4.47. The molecule has 0 radical (unpaired) electrons. The summed E-state index contributed by atoms with van der Waals surface area (Å²) in [7, 11) is 1.63. The van der Waals surface area contributed by atoms with E-state index in [1.807, 2.05) is 12.1 Å². The minimum Gasteiger partial charge on any atom is -0.396 e. The zero-order valence-electron chi connectivity index (χ0n) is 9.61. The van der Waals surface area contributed by atoms with Crippen LogP contribution in [0.1, 0.15) is 12.0 Å². The molecule has 1 atom stereocenters. The van der Waals surface area contributed by atoms with Gasteiger partial charge in [-0.05, 0) is 40.5 Å². The first kappa shape index (κ1) is 14.0. The number of hydrogen-bond acceptors (Lipinski definition) is 4. The zero-order valence-corrected chi connectivity index (χ0v) is 11.2. The molecule has 0 saturated heterocycles. The van der Waals surface area contributed by atoms with E-state index < -0.39 is 0 Å². The summed E-state index contributed by atoms with van der Waals surface area (Å²) < 4.78 is 5.82. The summed E-state index contributed by atoms with van der Waals surface area (Å²) in [4.78, 5) is 0. The standard InChI is InChI=1S/C12H15BrN2O2/c1-17-8-11(4-5-16)15-10-3-2-9(7-14)12(13)6-10/h2-3,6,11,15-16H,4-5,8H2,1H3. The second-order valence-electron chi connectivity index (χ2n) is 3.62. The zero-order chi connectivity index (χ0) is 12.7. The van der Waals surface area contributed by atoms with Gasteiger partial charge in [-0.2, -0.15) is 5.26 Å². The second kappa shape index (κ2) is 7.28. The number of aliphatic hydroxyl groups is 1. The van der Waals surface area contributed by atoms with Crippen molar-refractivity contribution in [2.24, 2.45) is 0 Å². The summed E-state index contributed by atoms with van der Waals surface area (Å²) in [5.74, 6) is 0. The highest BCUT2D eigenvalue weighted by molar-refractivity contribution is 9.10. The summed E-state index contributed by atoms with van der Waals surface area (Å²) in [5, 5.41) is 21.0. The maximum absolute atomic E-state index is 8.93. The van der Waals surface area contributed by atoms with Crippen molar-refractivity contribution in [3.63, 3.8) is 0 Å². The molecule has 0 aliphatic carbocycles. The Kier molecular flexibility index (Phi) is 5.98. The van der Waals surface area contributed by atoms with Crippen LogP contribution in [-0.2, 0) is 4.74 Å². The van der Waals surface area contributed by atoms with E-state index >= 15 is 0 Å². The van der Waals surface area contributed by atoms with Crippen molar-refractivity contribution in [3.05, 3.63) is 28.2 Å². The average Bonchev–Trinajstić information content (AvgIpc) is 2.30. The lowest BCUT2D eigenvalue weighted by Gasteiger charge is -2.18. The van der Waals surface area contributed by atoms with E-state index in [-0.39, 0.29) is 12.6 Å². The van der Waals surface area contributed by atoms with E-state index in [0.29, 0.717) is 18.6 Å². The van der Waals surface area contributed by atoms with Crippen molar-refractivity contribution in [3.8, 4) is 6.07 Å². The predicted molar refractivity (Wildman–Crippen MR) is 69.8 cm³/mol. The molecule has 0 aromatic heterocycles. The van der Waals surface area contributed by atoms with Crippen LogP contribution in [-0.4, -0.2) is 31.5 Å². The Morgan fingerprint density at radius 2 is 2.35 bits per heavy atom. The average molecular weight is 299 g/mol. The van der Waals surface area contributed by atoms with Crippen LogP contribution >= 0.6 is 15.9 Å². The maximum Gasteiger partial charge on any atom is 0.100 e. The van der Waals surface area contributed by atoms with Gasteiger partial charge in [0.25, 0.3) is 0 Å². The predicted octanol–water partition coefficient (Wildman–Crippen LogP) is 2.13. The Bertz CT molecular complexity index is 398. The molecule has 17 heavy (non-hydrogen) atoms. The van der Waals surface area contributed by atoms with Crippen LogP contribution in [0, 0.1) is 11.3 Å². The van der Waals surface area contributed by atoms with Crippen LogP contribution in [0.4, 0.5) is 5.69 Å². The molecule has 0 amide bonds. The van der Waals surface area contributed by atoms with Crippen LogP contribution in [0.25, 0.3) is 0 Å². The Morgan fingerprint density at radius 3 is 2.88 bits per heavy atom. The van der Waals surface area contributed by atoms with Crippen LogP contribution in [0.5, 0.6) is 0 Å². The fourth-order valence-corrected chi connectivity index (χ4v) is 1.95. The molecule has 1 rings (SSSR count). The summed E-state index contributed by atoms with van der Waals surface area (Å²) in [6.45, 7) is 0.636. The molecular weight excluding hydrogens is 284 g/mol. The summed E-state index contributed by atoms with van der Waals surface area (Å²) >= 11 is 3.33. The number of methoxy groups -OCH3 is 1. The fourth-order valence-electron chi connectivity index (χ4n) is 1.49. The van der Waals surface area contributed by atoms with Crippen molar-refractivity contribution in [2.75, 3.05) is 25.6 Å². The quantitative estimate of drug-likeness (QED) is 0.844. The first-order valence-electron chi connectivity index (χ1n) is 5.27. The Morgan fingerprint density at radius 1 is 1.59 bits per heavy atom. The monoisotopic (exact) mass is 298 g/mol. The van der Waals surface area contributed by atoms with Gasteiger partial charge in [-0.3, -0.25) is 0 Å². The van der Waals surface area contributed by atoms with Gasteiger partial charge in [-0.15, -0.1) is 0 Å². The van der Waals surface area contributed by atoms with Gasteiger partial charge in [0.1, 0.15) is 6.07 Å². The van der Waals surface area contributed by atoms with Crippen molar-refractivity contribution >= 4 is 21.6 Å². The van der Waals surface area contributed by atoms with Gasteiger partial charge in [0.2, 0.25) is 0 Å². The molecule has 92 valence electrons. The third-order valence-corrected chi connectivity index (χ3v) is 2.96. The van der Waals surface area contributed by atoms with E-state index in [2.05, 4.69) is 27.3 Å². The molecule has 1 aromatic rings. The van der Waals surface area contributed by atoms with Crippen molar-refractivity contribution in [1.82, 2.24) is 0 Å². The number of ether oxygens (including phenoxy) is 1. The van der Waals surface area contributed by atoms with Crippen LogP contribution < -0.4 is 5.32 Å². The van der Waals surface area contributed by atoms with E-state index in [1.165, 1.54) is 0 Å². The smallest absolute Gasteiger partial charge is 0.100 e. The van der Waals surface area contributed by atoms with Gasteiger partial charge in [-0.25, -0.2) is 0 Å². The first-order valence-corrected chi connectivity index (χ1v) is 6.06. The van der Waals surface area contributed by atoms with Crippen molar-refractivity contribution in [1.29, 1.82) is 5.26 Å². The fraction of sp³-hybridized carbons (Fsp3) is 0.417. The van der Waals surface area contributed by atoms with Gasteiger partial charge < -0.3 is 15.2 Å². The van der Waals surface area contributed by atoms with Crippen molar-refractivity contribution < 1.29 is 9.84 Å². The number of aliphatic hydroxyl groups excluding tert-OH is 1. The molecule has 0 saturated carbocycles. The lowest BCUT2D eigenvalue weighted by molar-refractivity contribution is 0.170. The number of nitrogens with one attached hydrogen (secondary N) is 1. The van der Waals surface area contributed by atoms with Crippen molar-refractivity contribution in [2.45, 2.75) is 12.5 Å². The molecule has 0 spiro atoms. The number of hydrogen-bond donors (Lipinski definition) is 2. The van der Waals surface area contributed by atoms with Gasteiger partial charge >= 0.3 is 0 Å². The highest BCUT2D eigenvalue weighted by Gasteiger charge is 2.08. The lowest BCUT2D eigenvalue weighted by Crippen LogP contribution is -2.26. The molecule has 2 N–H and O–H groups in total. The minimum atomic E-state index is 0.0600. The third kappa shape index (κ3) is 4.35. The Labute approximate surface area is 109 Å². The number of halogens is 1. The molecule has 0 aliphatic rings. The van der Waals surface area contributed by atoms with Gasteiger partial charge in [0, 0.05) is 23.9 Å². The summed E-state index contributed by atoms with van der Waals surface area (Å²) in [5.41, 5.74) is 1.49. The van der Waals surface area contributed by atoms with E-state index in [0.717, 1.165) is 10.2 Å². The molecule has 1 unspecified atom stereocenters. The van der Waals surface area contributed by atoms with Gasteiger partial charge in [-0.1, -0.05) is 0 Å². The van der Waals surface area contributed by atoms with E-state index in [4.69, 9.17) is 15.1 Å². The number of nitriles is 1. The van der Waals surface area contributed by atoms with E-state index in [9.17, 15) is 0 Å². The van der Waals surface area contributed by atoms with Crippen LogP contribution in [0.15, 0.2) is 22.7 Å². The van der Waals surface area contributed by atoms with Crippen LogP contribution in [0.3, 0.4) is 0 Å². The number of nitrogens with zero attached hydrogens (tertiary/aromatic N) is 1. The number of anilines is 1. The molecule has 0 aliphatic heterocycles. The summed E-state index contributed by atoms with van der Waals surface area (Å²) in [6, 6.07) is 7.57. The third-order valence-electron chi connectivity index (χ3n) is 2.31. The summed E-state index contributed by atoms with van der Waals surface area (Å²) in [6.07, 6.45) is 0.617. The normalized spacial score (nSPS) is 11.9. The Hall–Kier alpha value is -1.09. The topological polar surface area (TPSA) is 65.3 Å². The SMILES string of the molecule is COCC(CCO)Nc1ccc(C#N)c(Br)c1. The minimum absolute atomic E-state index is 0.0600. The molecule has 4 nitrogen and oxygen atoms in total. The highest BCUT2D eigenvalue weighted by atomic mass is 79.9. The number of rotatable bonds is 6. The Balaban J connectivity index is 2.72. The molecule has 1 aromatic carbocycles. The molecule has 0 fully saturated rings. The maximum atomic E-state index is 8.93. The molecule has 0 bridgehead atoms. The molecule has 5 heteroatoms. The van der Waals surface area contributed by atoms with E-state index in [1.54, 1.807) is 13.2 Å². The largest absolute Gasteiger partial charge is 0.396 e. The van der Waals surface area contributed by atoms with Crippen LogP contribution in [0.2, 0.25) is 0 Å². The van der Waals surface area contributed by atoms with Gasteiger partial charge in [0.05, 0.1) is 18.2 Å². The number of benzene rings is 1.